The van der Waals surface area contributed by atoms with Crippen molar-refractivity contribution in [2.24, 2.45) is 4.99 Å². The van der Waals surface area contributed by atoms with E-state index in [4.69, 9.17) is 0 Å². The third kappa shape index (κ3) is 3.65. The molecule has 0 bridgehead atoms. The predicted octanol–water partition coefficient (Wildman–Crippen LogP) is 1.68. The number of alkyl halides is 2. The van der Waals surface area contributed by atoms with E-state index >= 15 is 0 Å². The number of nitrogens with one attached hydrogen (secondary N) is 3. The highest BCUT2D eigenvalue weighted by Crippen LogP contribution is 2.28. The lowest BCUT2D eigenvalue weighted by atomic mass is 9.91. The summed E-state index contributed by atoms with van der Waals surface area (Å²) in [5, 5.41) is 12.7. The van der Waals surface area contributed by atoms with Gasteiger partial charge in [-0.05, 0) is 55.3 Å². The summed E-state index contributed by atoms with van der Waals surface area (Å²) >= 11 is 0. The molecular formula is C20H24F2N4. The Morgan fingerprint density at radius 1 is 1.19 bits per heavy atom. The Morgan fingerprint density at radius 2 is 2.04 bits per heavy atom. The molecule has 3 aliphatic rings. The fraction of sp³-hybridized carbons (Fsp3) is 0.450. The van der Waals surface area contributed by atoms with E-state index in [-0.39, 0.29) is 11.6 Å². The number of hydrogen-bond acceptors (Lipinski definition) is 4. The van der Waals surface area contributed by atoms with E-state index in [0.717, 1.165) is 54.2 Å². The van der Waals surface area contributed by atoms with Gasteiger partial charge in [0.15, 0.2) is 0 Å². The molecule has 3 aliphatic heterocycles. The summed E-state index contributed by atoms with van der Waals surface area (Å²) in [5.74, 6) is -0.0568. The molecule has 1 atom stereocenters. The molecule has 1 fully saturated rings. The number of hydrogen-bond donors (Lipinski definition) is 3. The molecular weight excluding hydrogens is 334 g/mol. The number of piperidine rings is 1. The van der Waals surface area contributed by atoms with Crippen LogP contribution in [0.25, 0.3) is 12.3 Å². The Labute approximate surface area is 151 Å². The summed E-state index contributed by atoms with van der Waals surface area (Å²) in [5.41, 5.74) is 2.03. The molecule has 6 heteroatoms. The second kappa shape index (κ2) is 7.58. The van der Waals surface area contributed by atoms with Crippen molar-refractivity contribution in [3.05, 3.63) is 39.9 Å². The highest BCUT2D eigenvalue weighted by molar-refractivity contribution is 5.65. The summed E-state index contributed by atoms with van der Waals surface area (Å²) in [6.45, 7) is 2.83. The summed E-state index contributed by atoms with van der Waals surface area (Å²) in [6, 6.07) is 4.69. The summed E-state index contributed by atoms with van der Waals surface area (Å²) in [6.07, 6.45) is 7.73. The van der Waals surface area contributed by atoms with Crippen molar-refractivity contribution in [2.45, 2.75) is 37.6 Å². The van der Waals surface area contributed by atoms with Crippen molar-refractivity contribution in [3.8, 4) is 0 Å². The quantitative estimate of drug-likeness (QED) is 0.768. The minimum Gasteiger partial charge on any atom is -0.387 e. The van der Waals surface area contributed by atoms with Crippen molar-refractivity contribution in [1.82, 2.24) is 10.6 Å². The van der Waals surface area contributed by atoms with Crippen LogP contribution < -0.4 is 26.4 Å². The van der Waals surface area contributed by atoms with Gasteiger partial charge in [0.2, 0.25) is 0 Å². The molecule has 26 heavy (non-hydrogen) atoms. The maximum atomic E-state index is 13.1. The topological polar surface area (TPSA) is 48.4 Å². The molecule has 138 valence electrons. The van der Waals surface area contributed by atoms with Crippen LogP contribution in [0.5, 0.6) is 0 Å². The second-order valence-corrected chi connectivity index (χ2v) is 7.04. The second-order valence-electron chi connectivity index (χ2n) is 7.04. The smallest absolute Gasteiger partial charge is 0.280 e. The van der Waals surface area contributed by atoms with E-state index < -0.39 is 6.43 Å². The Kier molecular flexibility index (Phi) is 5.02. The van der Waals surface area contributed by atoms with Crippen LogP contribution in [0, 0.1) is 0 Å². The van der Waals surface area contributed by atoms with Crippen molar-refractivity contribution in [2.75, 3.05) is 25.0 Å². The van der Waals surface area contributed by atoms with Crippen molar-refractivity contribution in [1.29, 1.82) is 0 Å². The zero-order chi connectivity index (χ0) is 17.9. The standard InChI is InChI=1S/C20H24F2N4/c21-20(22)19-10-13(2-8-25-19)15-9-14-1-5-24-12-17(14)18(11-15)26-16-3-6-23-7-4-16/h1,8-13,16,20,23-24,26H,2-7H2. The van der Waals surface area contributed by atoms with E-state index in [2.05, 4.69) is 39.2 Å². The molecule has 0 saturated carbocycles. The minimum atomic E-state index is -2.52. The Hall–Kier alpha value is -2.21. The molecule has 1 aromatic carbocycles. The van der Waals surface area contributed by atoms with Gasteiger partial charge in [-0.1, -0.05) is 12.1 Å². The van der Waals surface area contributed by atoms with Crippen LogP contribution in [0.2, 0.25) is 0 Å². The molecule has 0 aromatic heterocycles. The first-order valence-corrected chi connectivity index (χ1v) is 9.28. The number of aliphatic imine (C=N–C) groups is 1. The lowest BCUT2D eigenvalue weighted by molar-refractivity contribution is 0.187. The van der Waals surface area contributed by atoms with Gasteiger partial charge in [0, 0.05) is 41.8 Å². The van der Waals surface area contributed by atoms with Gasteiger partial charge in [-0.2, -0.15) is 0 Å². The number of fused-ring (bicyclic) bond motifs is 1. The van der Waals surface area contributed by atoms with E-state index in [1.54, 1.807) is 12.3 Å². The Balaban J connectivity index is 1.70. The van der Waals surface area contributed by atoms with E-state index in [1.807, 2.05) is 6.20 Å². The maximum absolute atomic E-state index is 13.1. The van der Waals surface area contributed by atoms with Gasteiger partial charge in [-0.25, -0.2) is 8.78 Å². The normalized spacial score (nSPS) is 22.7. The first kappa shape index (κ1) is 17.2. The van der Waals surface area contributed by atoms with Gasteiger partial charge in [0.25, 0.3) is 6.43 Å². The van der Waals surface area contributed by atoms with Gasteiger partial charge in [-0.15, -0.1) is 0 Å². The molecule has 0 spiro atoms. The molecule has 1 unspecified atom stereocenters. The van der Waals surface area contributed by atoms with Gasteiger partial charge >= 0.3 is 0 Å². The fourth-order valence-electron chi connectivity index (χ4n) is 3.83. The number of anilines is 1. The van der Waals surface area contributed by atoms with Gasteiger partial charge in [0.05, 0.1) is 0 Å². The SMILES string of the molecule is FC(F)C1=CC(c2cc(NC3CCNCC3)c3c(c2)=CCNC=3)CC=N1. The lowest BCUT2D eigenvalue weighted by Gasteiger charge is -2.26. The molecule has 1 aromatic rings. The lowest BCUT2D eigenvalue weighted by Crippen LogP contribution is -2.40. The van der Waals surface area contributed by atoms with Gasteiger partial charge < -0.3 is 16.0 Å². The highest BCUT2D eigenvalue weighted by atomic mass is 19.3. The molecule has 0 aliphatic carbocycles. The Morgan fingerprint density at radius 3 is 2.85 bits per heavy atom. The van der Waals surface area contributed by atoms with Gasteiger partial charge in [0.1, 0.15) is 5.70 Å². The average molecular weight is 358 g/mol. The molecule has 0 radical (unpaired) electrons. The molecule has 3 heterocycles. The van der Waals surface area contributed by atoms with Crippen LogP contribution in [0.3, 0.4) is 0 Å². The van der Waals surface area contributed by atoms with Crippen molar-refractivity contribution in [3.63, 3.8) is 0 Å². The van der Waals surface area contributed by atoms with Crippen molar-refractivity contribution < 1.29 is 8.78 Å². The predicted molar refractivity (Wildman–Crippen MR) is 102 cm³/mol. The largest absolute Gasteiger partial charge is 0.387 e. The van der Waals surface area contributed by atoms with E-state index in [0.29, 0.717) is 12.5 Å². The molecule has 3 N–H and O–H groups in total. The molecule has 1 saturated heterocycles. The van der Waals surface area contributed by atoms with E-state index in [1.165, 1.54) is 0 Å². The van der Waals surface area contributed by atoms with Crippen LogP contribution in [0.15, 0.2) is 28.9 Å². The summed E-state index contributed by atoms with van der Waals surface area (Å²) in [4.78, 5) is 3.85. The third-order valence-corrected chi connectivity index (χ3v) is 5.24. The average Bonchev–Trinajstić information content (AvgIpc) is 2.69. The minimum absolute atomic E-state index is 0.0568. The summed E-state index contributed by atoms with van der Waals surface area (Å²) < 4.78 is 26.1. The zero-order valence-corrected chi connectivity index (χ0v) is 14.6. The zero-order valence-electron chi connectivity index (χ0n) is 14.6. The molecule has 4 nitrogen and oxygen atoms in total. The first-order chi connectivity index (χ1) is 12.7. The number of nitrogens with zero attached hydrogens (tertiary/aromatic N) is 1. The maximum Gasteiger partial charge on any atom is 0.280 e. The first-order valence-electron chi connectivity index (χ1n) is 9.28. The number of benzene rings is 1. The van der Waals surface area contributed by atoms with Crippen LogP contribution in [0.4, 0.5) is 14.5 Å². The van der Waals surface area contributed by atoms with Crippen LogP contribution >= 0.6 is 0 Å². The van der Waals surface area contributed by atoms with Crippen molar-refractivity contribution >= 4 is 24.2 Å². The number of rotatable bonds is 4. The molecule has 4 rings (SSSR count). The van der Waals surface area contributed by atoms with Crippen LogP contribution in [-0.4, -0.2) is 38.3 Å². The highest BCUT2D eigenvalue weighted by Gasteiger charge is 2.20. The van der Waals surface area contributed by atoms with Crippen LogP contribution in [0.1, 0.15) is 30.7 Å². The number of halogens is 2. The third-order valence-electron chi connectivity index (χ3n) is 5.24. The van der Waals surface area contributed by atoms with E-state index in [9.17, 15) is 8.78 Å². The monoisotopic (exact) mass is 358 g/mol. The van der Waals surface area contributed by atoms with Crippen LogP contribution in [-0.2, 0) is 0 Å². The van der Waals surface area contributed by atoms with Gasteiger partial charge in [-0.3, -0.25) is 4.99 Å². The number of allylic oxidation sites excluding steroid dienone is 2. The Bertz CT molecular complexity index is 838. The summed E-state index contributed by atoms with van der Waals surface area (Å²) in [7, 11) is 0. The fourth-order valence-corrected chi connectivity index (χ4v) is 3.83. The molecule has 0 amide bonds.